The summed E-state index contributed by atoms with van der Waals surface area (Å²) in [6.07, 6.45) is 2.56. The van der Waals surface area contributed by atoms with Crippen LogP contribution in [0.3, 0.4) is 0 Å². The first-order chi connectivity index (χ1) is 13.6. The van der Waals surface area contributed by atoms with E-state index in [0.29, 0.717) is 11.3 Å². The molecule has 5 heteroatoms. The molecule has 2 aromatic rings. The zero-order valence-corrected chi connectivity index (χ0v) is 17.3. The van der Waals surface area contributed by atoms with Crippen LogP contribution in [0.1, 0.15) is 51.3 Å². The fourth-order valence-electron chi connectivity index (χ4n) is 3.63. The summed E-state index contributed by atoms with van der Waals surface area (Å²) in [5.74, 6) is -0.286. The monoisotopic (exact) mass is 393 g/mol. The van der Waals surface area contributed by atoms with E-state index in [1.54, 1.807) is 26.0 Å². The number of Topliss-reactive ketones (excluding diaryl/α,β-unsaturated/α-hetero) is 1. The van der Waals surface area contributed by atoms with Gasteiger partial charge >= 0.3 is 0 Å². The predicted molar refractivity (Wildman–Crippen MR) is 109 cm³/mol. The van der Waals surface area contributed by atoms with Gasteiger partial charge in [-0.2, -0.15) is 5.26 Å². The SMILES string of the molecule is CCc1ccc(Oc2ccc(C#N)cc2F)cc1C1=CC(C)(C)OC(C)(C)C1=O. The Morgan fingerprint density at radius 2 is 1.86 bits per heavy atom. The summed E-state index contributed by atoms with van der Waals surface area (Å²) in [6, 6.07) is 11.3. The lowest BCUT2D eigenvalue weighted by Gasteiger charge is -2.39. The van der Waals surface area contributed by atoms with Gasteiger partial charge in [-0.05, 0) is 81.7 Å². The van der Waals surface area contributed by atoms with Crippen molar-refractivity contribution >= 4 is 11.4 Å². The number of benzene rings is 2. The predicted octanol–water partition coefficient (Wildman–Crippen LogP) is 5.59. The number of ketones is 1. The van der Waals surface area contributed by atoms with Gasteiger partial charge < -0.3 is 9.47 Å². The molecule has 0 saturated heterocycles. The third-order valence-electron chi connectivity index (χ3n) is 4.84. The van der Waals surface area contributed by atoms with E-state index in [4.69, 9.17) is 14.7 Å². The summed E-state index contributed by atoms with van der Waals surface area (Å²) >= 11 is 0. The standard InChI is InChI=1S/C24H24FNO3/c1-6-16-8-9-17(28-21-10-7-15(14-26)11-20(21)25)12-18(16)19-13-23(2,3)29-24(4,5)22(19)27/h7-13H,6H2,1-5H3. The Balaban J connectivity index is 2.06. The molecule has 0 unspecified atom stereocenters. The Hall–Kier alpha value is -2.97. The van der Waals surface area contributed by atoms with Crippen molar-refractivity contribution in [3.05, 3.63) is 65.0 Å². The van der Waals surface area contributed by atoms with Crippen LogP contribution in [-0.2, 0) is 16.0 Å². The van der Waals surface area contributed by atoms with E-state index in [1.165, 1.54) is 12.1 Å². The second kappa shape index (κ2) is 7.46. The second-order valence-electron chi connectivity index (χ2n) is 8.13. The normalized spacial score (nSPS) is 17.4. The second-order valence-corrected chi connectivity index (χ2v) is 8.13. The number of carbonyl (C=O) groups is 1. The van der Waals surface area contributed by atoms with E-state index in [2.05, 4.69) is 0 Å². The van der Waals surface area contributed by atoms with Gasteiger partial charge in [0.05, 0.1) is 17.2 Å². The van der Waals surface area contributed by atoms with Crippen molar-refractivity contribution in [2.45, 2.75) is 52.2 Å². The van der Waals surface area contributed by atoms with Crippen LogP contribution in [0.4, 0.5) is 4.39 Å². The molecule has 0 amide bonds. The number of aryl methyl sites for hydroxylation is 1. The minimum Gasteiger partial charge on any atom is -0.454 e. The van der Waals surface area contributed by atoms with Crippen LogP contribution in [0, 0.1) is 17.1 Å². The van der Waals surface area contributed by atoms with Gasteiger partial charge in [0.25, 0.3) is 0 Å². The lowest BCUT2D eigenvalue weighted by molar-refractivity contribution is -0.150. The Bertz CT molecular complexity index is 1040. The number of hydrogen-bond donors (Lipinski definition) is 0. The average Bonchev–Trinajstić information content (AvgIpc) is 2.65. The Labute approximate surface area is 170 Å². The number of halogens is 1. The summed E-state index contributed by atoms with van der Waals surface area (Å²) in [6.45, 7) is 9.38. The number of nitrogens with zero attached hydrogens (tertiary/aromatic N) is 1. The van der Waals surface area contributed by atoms with Crippen LogP contribution in [-0.4, -0.2) is 17.0 Å². The van der Waals surface area contributed by atoms with Gasteiger partial charge in [-0.15, -0.1) is 0 Å². The molecule has 2 aromatic carbocycles. The van der Waals surface area contributed by atoms with Gasteiger partial charge in [0.1, 0.15) is 11.4 Å². The maximum Gasteiger partial charge on any atom is 0.194 e. The topological polar surface area (TPSA) is 59.3 Å². The maximum atomic E-state index is 14.2. The minimum absolute atomic E-state index is 0.0205. The number of ether oxygens (including phenoxy) is 2. The van der Waals surface area contributed by atoms with Crippen LogP contribution in [0.2, 0.25) is 0 Å². The summed E-state index contributed by atoms with van der Waals surface area (Å²) < 4.78 is 25.9. The molecule has 3 rings (SSSR count). The first-order valence-electron chi connectivity index (χ1n) is 9.55. The van der Waals surface area contributed by atoms with Crippen LogP contribution in [0.15, 0.2) is 42.5 Å². The number of rotatable bonds is 4. The molecule has 0 saturated carbocycles. The highest BCUT2D eigenvalue weighted by molar-refractivity contribution is 6.25. The van der Waals surface area contributed by atoms with E-state index in [-0.39, 0.29) is 17.1 Å². The lowest BCUT2D eigenvalue weighted by Crippen LogP contribution is -2.46. The lowest BCUT2D eigenvalue weighted by atomic mass is 9.83. The van der Waals surface area contributed by atoms with Gasteiger partial charge in [-0.1, -0.05) is 13.0 Å². The summed E-state index contributed by atoms with van der Waals surface area (Å²) in [7, 11) is 0. The molecule has 0 fully saturated rings. The molecule has 150 valence electrons. The zero-order valence-electron chi connectivity index (χ0n) is 17.3. The average molecular weight is 393 g/mol. The fraction of sp³-hybridized carbons (Fsp3) is 0.333. The minimum atomic E-state index is -0.950. The maximum absolute atomic E-state index is 14.2. The molecule has 0 radical (unpaired) electrons. The zero-order chi connectivity index (χ0) is 21.4. The van der Waals surface area contributed by atoms with Crippen molar-refractivity contribution in [1.29, 1.82) is 5.26 Å². The molecule has 1 heterocycles. The van der Waals surface area contributed by atoms with Gasteiger partial charge in [-0.25, -0.2) is 4.39 Å². The molecule has 0 bridgehead atoms. The molecule has 0 atom stereocenters. The molecule has 1 aliphatic heterocycles. The molecule has 1 aliphatic rings. The van der Waals surface area contributed by atoms with E-state index in [0.717, 1.165) is 23.6 Å². The van der Waals surface area contributed by atoms with Crippen LogP contribution >= 0.6 is 0 Å². The van der Waals surface area contributed by atoms with Gasteiger partial charge in [-0.3, -0.25) is 4.79 Å². The number of hydrogen-bond acceptors (Lipinski definition) is 4. The highest BCUT2D eigenvalue weighted by atomic mass is 19.1. The third kappa shape index (κ3) is 4.23. The molecule has 0 spiro atoms. The van der Waals surface area contributed by atoms with Crippen molar-refractivity contribution in [3.63, 3.8) is 0 Å². The van der Waals surface area contributed by atoms with Crippen LogP contribution in [0.5, 0.6) is 11.5 Å². The molecule has 4 nitrogen and oxygen atoms in total. The highest BCUT2D eigenvalue weighted by Crippen LogP contribution is 2.38. The molecule has 0 aromatic heterocycles. The van der Waals surface area contributed by atoms with Crippen molar-refractivity contribution in [1.82, 2.24) is 0 Å². The molecule has 0 N–H and O–H groups in total. The first kappa shape index (κ1) is 20.8. The van der Waals surface area contributed by atoms with Crippen molar-refractivity contribution in [2.24, 2.45) is 0 Å². The largest absolute Gasteiger partial charge is 0.454 e. The number of nitriles is 1. The molecular formula is C24H24FNO3. The van der Waals surface area contributed by atoms with Crippen LogP contribution < -0.4 is 4.74 Å². The van der Waals surface area contributed by atoms with Gasteiger partial charge in [0, 0.05) is 5.57 Å². The van der Waals surface area contributed by atoms with Crippen molar-refractivity contribution in [3.8, 4) is 17.6 Å². The summed E-state index contributed by atoms with van der Waals surface area (Å²) in [4.78, 5) is 13.1. The molecular weight excluding hydrogens is 369 g/mol. The summed E-state index contributed by atoms with van der Waals surface area (Å²) in [5.41, 5.74) is 0.995. The third-order valence-corrected chi connectivity index (χ3v) is 4.84. The van der Waals surface area contributed by atoms with Gasteiger partial charge in [0.15, 0.2) is 17.3 Å². The molecule has 29 heavy (non-hydrogen) atoms. The number of carbonyl (C=O) groups excluding carboxylic acids is 1. The quantitative estimate of drug-likeness (QED) is 0.679. The first-order valence-corrected chi connectivity index (χ1v) is 9.55. The summed E-state index contributed by atoms with van der Waals surface area (Å²) in [5, 5.41) is 8.88. The Morgan fingerprint density at radius 1 is 1.14 bits per heavy atom. The van der Waals surface area contributed by atoms with Gasteiger partial charge in [0.2, 0.25) is 0 Å². The van der Waals surface area contributed by atoms with Crippen molar-refractivity contribution < 1.29 is 18.7 Å². The van der Waals surface area contributed by atoms with Crippen LogP contribution in [0.25, 0.3) is 5.57 Å². The van der Waals surface area contributed by atoms with E-state index in [1.807, 2.05) is 39.0 Å². The van der Waals surface area contributed by atoms with E-state index in [9.17, 15) is 9.18 Å². The Morgan fingerprint density at radius 3 is 2.48 bits per heavy atom. The molecule has 0 aliphatic carbocycles. The fourth-order valence-corrected chi connectivity index (χ4v) is 3.63. The smallest absolute Gasteiger partial charge is 0.194 e. The van der Waals surface area contributed by atoms with E-state index < -0.39 is 17.0 Å². The highest BCUT2D eigenvalue weighted by Gasteiger charge is 2.42. The van der Waals surface area contributed by atoms with Crippen molar-refractivity contribution in [2.75, 3.05) is 0 Å². The van der Waals surface area contributed by atoms with E-state index >= 15 is 0 Å². The Kier molecular flexibility index (Phi) is 5.34.